The first-order valence-corrected chi connectivity index (χ1v) is 6.99. The summed E-state index contributed by atoms with van der Waals surface area (Å²) in [6.45, 7) is 1.14. The molecule has 0 amide bonds. The van der Waals surface area contributed by atoms with Crippen molar-refractivity contribution in [3.8, 4) is 17.2 Å². The van der Waals surface area contributed by atoms with Crippen molar-refractivity contribution in [1.82, 2.24) is 0 Å². The van der Waals surface area contributed by atoms with E-state index in [2.05, 4.69) is 0 Å². The number of hydrogen-bond acceptors (Lipinski definition) is 4. The second-order valence-corrected chi connectivity index (χ2v) is 5.45. The Balaban J connectivity index is 1.95. The molecule has 0 bridgehead atoms. The molecule has 2 N–H and O–H groups in total. The van der Waals surface area contributed by atoms with E-state index < -0.39 is 5.97 Å². The van der Waals surface area contributed by atoms with E-state index in [9.17, 15) is 9.90 Å². The molecule has 1 aromatic rings. The number of fused-ring (bicyclic) bond motifs is 1. The number of phenolic OH excluding ortho intramolecular Hbond substituents is 1. The number of hydrogen-bond donors (Lipinski definition) is 2. The van der Waals surface area contributed by atoms with Crippen LogP contribution in [0.4, 0.5) is 0 Å². The summed E-state index contributed by atoms with van der Waals surface area (Å²) in [5.74, 6) is 0.604. The number of carbonyl (C=O) groups is 1. The van der Waals surface area contributed by atoms with Gasteiger partial charge in [0.1, 0.15) is 5.75 Å². The minimum atomic E-state index is -0.839. The molecule has 1 aliphatic heterocycles. The molecule has 20 heavy (non-hydrogen) atoms. The molecule has 1 saturated carbocycles. The lowest BCUT2D eigenvalue weighted by Gasteiger charge is -2.18. The Kier molecular flexibility index (Phi) is 3.42. The highest BCUT2D eigenvalue weighted by Gasteiger charge is 2.36. The summed E-state index contributed by atoms with van der Waals surface area (Å²) >= 11 is 0. The lowest BCUT2D eigenvalue weighted by Crippen LogP contribution is -2.09. The van der Waals surface area contributed by atoms with Crippen LogP contribution in [0.5, 0.6) is 17.2 Å². The van der Waals surface area contributed by atoms with E-state index in [0.29, 0.717) is 36.2 Å². The van der Waals surface area contributed by atoms with Crippen LogP contribution in [0.2, 0.25) is 0 Å². The summed E-state index contributed by atoms with van der Waals surface area (Å²) in [5.41, 5.74) is 0.666. The second-order valence-electron chi connectivity index (χ2n) is 5.45. The highest BCUT2D eigenvalue weighted by molar-refractivity contribution is 5.69. The average molecular weight is 278 g/mol. The lowest BCUT2D eigenvalue weighted by molar-refractivity contribution is -0.137. The zero-order valence-electron chi connectivity index (χ0n) is 11.2. The molecule has 108 valence electrons. The molecular weight excluding hydrogens is 260 g/mol. The van der Waals surface area contributed by atoms with E-state index >= 15 is 0 Å². The number of aromatic hydroxyl groups is 1. The van der Waals surface area contributed by atoms with Gasteiger partial charge in [-0.1, -0.05) is 0 Å². The number of benzene rings is 1. The van der Waals surface area contributed by atoms with Crippen molar-refractivity contribution >= 4 is 5.97 Å². The fourth-order valence-corrected chi connectivity index (χ4v) is 2.73. The Labute approximate surface area is 117 Å². The third kappa shape index (κ3) is 2.66. The Bertz CT molecular complexity index is 521. The van der Waals surface area contributed by atoms with Gasteiger partial charge in [0.25, 0.3) is 0 Å². The Morgan fingerprint density at radius 2 is 1.90 bits per heavy atom. The predicted molar refractivity (Wildman–Crippen MR) is 71.4 cm³/mol. The third-order valence-corrected chi connectivity index (χ3v) is 3.88. The molecule has 2 aliphatic rings. The van der Waals surface area contributed by atoms with E-state index in [1.54, 1.807) is 12.1 Å². The predicted octanol–water partition coefficient (Wildman–Crippen LogP) is 2.52. The van der Waals surface area contributed by atoms with Gasteiger partial charge in [0.05, 0.1) is 19.6 Å². The largest absolute Gasteiger partial charge is 0.508 e. The number of ether oxygens (including phenoxy) is 2. The normalized spacial score (nSPS) is 19.2. The molecule has 1 atom stereocenters. The van der Waals surface area contributed by atoms with E-state index in [1.165, 1.54) is 0 Å². The zero-order chi connectivity index (χ0) is 14.1. The first-order chi connectivity index (χ1) is 9.65. The first kappa shape index (κ1) is 13.1. The van der Waals surface area contributed by atoms with Crippen LogP contribution in [-0.2, 0) is 4.79 Å². The smallest absolute Gasteiger partial charge is 0.303 e. The van der Waals surface area contributed by atoms with E-state index in [0.717, 1.165) is 19.3 Å². The molecule has 1 unspecified atom stereocenters. The number of rotatable bonds is 4. The average Bonchev–Trinajstić information content (AvgIpc) is 3.22. The maximum Gasteiger partial charge on any atom is 0.303 e. The fourth-order valence-electron chi connectivity index (χ4n) is 2.73. The summed E-state index contributed by atoms with van der Waals surface area (Å²) in [7, 11) is 0. The highest BCUT2D eigenvalue weighted by Crippen LogP contribution is 2.49. The summed E-state index contributed by atoms with van der Waals surface area (Å²) in [5, 5.41) is 19.2. The van der Waals surface area contributed by atoms with Crippen LogP contribution in [-0.4, -0.2) is 29.4 Å². The monoisotopic (exact) mass is 278 g/mol. The van der Waals surface area contributed by atoms with Crippen LogP contribution in [0, 0.1) is 5.92 Å². The van der Waals surface area contributed by atoms with Gasteiger partial charge in [-0.15, -0.1) is 0 Å². The van der Waals surface area contributed by atoms with Gasteiger partial charge in [-0.3, -0.25) is 4.79 Å². The molecular formula is C15H18O5. The topological polar surface area (TPSA) is 76.0 Å². The van der Waals surface area contributed by atoms with Gasteiger partial charge >= 0.3 is 5.97 Å². The molecule has 3 rings (SSSR count). The summed E-state index contributed by atoms with van der Waals surface area (Å²) in [6.07, 6.45) is 2.88. The van der Waals surface area contributed by atoms with Crippen LogP contribution >= 0.6 is 0 Å². The standard InChI is InChI=1S/C15H18O5/c16-12-8-14-13(19-4-1-5-20-14)6-11(12)10(7-15(17)18)9-2-3-9/h6,8-10,16H,1-5,7H2,(H,17,18). The van der Waals surface area contributed by atoms with Crippen LogP contribution in [0.1, 0.15) is 37.2 Å². The molecule has 0 radical (unpaired) electrons. The molecule has 1 fully saturated rings. The molecule has 0 spiro atoms. The number of phenols is 1. The summed E-state index contributed by atoms with van der Waals surface area (Å²) in [4.78, 5) is 11.0. The van der Waals surface area contributed by atoms with Gasteiger partial charge in [0.2, 0.25) is 0 Å². The van der Waals surface area contributed by atoms with Crippen molar-refractivity contribution in [2.75, 3.05) is 13.2 Å². The number of carboxylic acids is 1. The first-order valence-electron chi connectivity index (χ1n) is 6.99. The van der Waals surface area contributed by atoms with Crippen LogP contribution in [0.3, 0.4) is 0 Å². The molecule has 0 aromatic heterocycles. The van der Waals surface area contributed by atoms with Crippen molar-refractivity contribution in [2.24, 2.45) is 5.92 Å². The van der Waals surface area contributed by atoms with Gasteiger partial charge in [-0.25, -0.2) is 0 Å². The van der Waals surface area contributed by atoms with Crippen molar-refractivity contribution in [2.45, 2.75) is 31.6 Å². The Morgan fingerprint density at radius 1 is 1.25 bits per heavy atom. The van der Waals surface area contributed by atoms with Gasteiger partial charge in [-0.2, -0.15) is 0 Å². The van der Waals surface area contributed by atoms with Gasteiger partial charge in [-0.05, 0) is 24.8 Å². The van der Waals surface area contributed by atoms with Crippen LogP contribution in [0.15, 0.2) is 12.1 Å². The minimum absolute atomic E-state index is 0.0396. The lowest BCUT2D eigenvalue weighted by atomic mass is 9.90. The van der Waals surface area contributed by atoms with Crippen LogP contribution < -0.4 is 9.47 Å². The highest BCUT2D eigenvalue weighted by atomic mass is 16.5. The van der Waals surface area contributed by atoms with Gasteiger partial charge < -0.3 is 19.7 Å². The summed E-state index contributed by atoms with van der Waals surface area (Å²) < 4.78 is 11.1. The van der Waals surface area contributed by atoms with E-state index in [4.69, 9.17) is 14.6 Å². The van der Waals surface area contributed by atoms with Gasteiger partial charge in [0, 0.05) is 24.0 Å². The van der Waals surface area contributed by atoms with E-state index in [-0.39, 0.29) is 18.1 Å². The van der Waals surface area contributed by atoms with Gasteiger partial charge in [0.15, 0.2) is 11.5 Å². The maximum atomic E-state index is 11.0. The van der Waals surface area contributed by atoms with Crippen molar-refractivity contribution in [1.29, 1.82) is 0 Å². The fraction of sp³-hybridized carbons (Fsp3) is 0.533. The molecule has 5 heteroatoms. The van der Waals surface area contributed by atoms with Crippen molar-refractivity contribution in [3.63, 3.8) is 0 Å². The number of aliphatic carboxylic acids is 1. The SMILES string of the molecule is O=C(O)CC(c1cc2c(cc1O)OCCCO2)C1CC1. The van der Waals surface area contributed by atoms with Crippen LogP contribution in [0.25, 0.3) is 0 Å². The van der Waals surface area contributed by atoms with E-state index in [1.807, 2.05) is 0 Å². The zero-order valence-corrected chi connectivity index (χ0v) is 11.2. The minimum Gasteiger partial charge on any atom is -0.508 e. The Hall–Kier alpha value is -1.91. The molecule has 1 aliphatic carbocycles. The quantitative estimate of drug-likeness (QED) is 0.885. The maximum absolute atomic E-state index is 11.0. The Morgan fingerprint density at radius 3 is 2.50 bits per heavy atom. The third-order valence-electron chi connectivity index (χ3n) is 3.88. The van der Waals surface area contributed by atoms with Crippen molar-refractivity contribution in [3.05, 3.63) is 17.7 Å². The second kappa shape index (κ2) is 5.23. The van der Waals surface area contributed by atoms with Crippen molar-refractivity contribution < 1.29 is 24.5 Å². The molecule has 0 saturated heterocycles. The molecule has 1 heterocycles. The molecule has 5 nitrogen and oxygen atoms in total. The number of carboxylic acid groups (broad SMARTS) is 1. The molecule has 1 aromatic carbocycles. The summed E-state index contributed by atoms with van der Waals surface area (Å²) in [6, 6.07) is 3.30.